The molecule has 0 unspecified atom stereocenters. The molecule has 0 aliphatic rings. The molecule has 0 bridgehead atoms. The fourth-order valence-electron chi connectivity index (χ4n) is 2.64. The Morgan fingerprint density at radius 1 is 0.640 bits per heavy atom. The van der Waals surface area contributed by atoms with Crippen molar-refractivity contribution in [3.05, 3.63) is 68.9 Å². The highest BCUT2D eigenvalue weighted by atomic mass is 35.5. The Bertz CT molecular complexity index is 1040. The third-order valence-electron chi connectivity index (χ3n) is 3.66. The summed E-state index contributed by atoms with van der Waals surface area (Å²) in [7, 11) is 0. The van der Waals surface area contributed by atoms with Crippen LogP contribution in [0.3, 0.4) is 0 Å². The second kappa shape index (κ2) is 6.50. The summed E-state index contributed by atoms with van der Waals surface area (Å²) in [6.07, 6.45) is 3.26. The molecule has 7 heteroatoms. The zero-order valence-corrected chi connectivity index (χ0v) is 15.5. The van der Waals surface area contributed by atoms with Crippen molar-refractivity contribution in [1.29, 1.82) is 0 Å². The van der Waals surface area contributed by atoms with E-state index in [0.717, 1.165) is 0 Å². The van der Waals surface area contributed by atoms with Crippen LogP contribution in [0.1, 0.15) is 0 Å². The molecule has 25 heavy (non-hydrogen) atoms. The van der Waals surface area contributed by atoms with Crippen LogP contribution in [-0.4, -0.2) is 9.97 Å². The predicted octanol–water partition coefficient (Wildman–Crippen LogP) is 7.19. The number of aromatic nitrogens is 2. The zero-order chi connectivity index (χ0) is 17.6. The fraction of sp³-hybridized carbons (Fsp3) is 0. The highest BCUT2D eigenvalue weighted by molar-refractivity contribution is 6.39. The lowest BCUT2D eigenvalue weighted by molar-refractivity contribution is 0.493. The maximum absolute atomic E-state index is 6.34. The number of hydrogen-bond donors (Lipinski definition) is 0. The highest BCUT2D eigenvalue weighted by Gasteiger charge is 2.14. The van der Waals surface area contributed by atoms with E-state index in [0.29, 0.717) is 53.4 Å². The molecule has 3 nitrogen and oxygen atoms in total. The Balaban J connectivity index is 1.92. The minimum Gasteiger partial charge on any atom is -0.456 e. The summed E-state index contributed by atoms with van der Waals surface area (Å²) in [5, 5.41) is 3.27. The molecular weight excluding hydrogens is 402 g/mol. The van der Waals surface area contributed by atoms with Crippen LogP contribution in [0.25, 0.3) is 21.8 Å². The average Bonchev–Trinajstić information content (AvgIpc) is 2.54. The number of pyridine rings is 2. The van der Waals surface area contributed by atoms with Gasteiger partial charge in [0.2, 0.25) is 0 Å². The third kappa shape index (κ3) is 3.09. The van der Waals surface area contributed by atoms with E-state index in [1.54, 1.807) is 48.8 Å². The quantitative estimate of drug-likeness (QED) is 0.351. The molecule has 0 atom stereocenters. The van der Waals surface area contributed by atoms with Crippen LogP contribution in [-0.2, 0) is 0 Å². The lowest BCUT2D eigenvalue weighted by Crippen LogP contribution is -1.91. The molecule has 2 aromatic carbocycles. The van der Waals surface area contributed by atoms with Gasteiger partial charge >= 0.3 is 0 Å². The topological polar surface area (TPSA) is 35.0 Å². The van der Waals surface area contributed by atoms with Crippen molar-refractivity contribution in [3.8, 4) is 11.5 Å². The van der Waals surface area contributed by atoms with Gasteiger partial charge in [0, 0.05) is 22.4 Å². The summed E-state index contributed by atoms with van der Waals surface area (Å²) >= 11 is 24.8. The standard InChI is InChI=1S/C18H8Cl4N2O/c19-9-5-11(21)17-13(7-9)23-3-1-15(17)25-16-2-4-24-14-8-10(20)6-12(22)18(14)16/h1-8H. The molecule has 124 valence electrons. The monoisotopic (exact) mass is 408 g/mol. The van der Waals surface area contributed by atoms with Gasteiger partial charge in [-0.05, 0) is 36.4 Å². The van der Waals surface area contributed by atoms with Gasteiger partial charge < -0.3 is 4.74 Å². The summed E-state index contributed by atoms with van der Waals surface area (Å²) in [6.45, 7) is 0. The third-order valence-corrected chi connectivity index (χ3v) is 4.69. The Kier molecular flexibility index (Phi) is 4.34. The predicted molar refractivity (Wildman–Crippen MR) is 104 cm³/mol. The first-order valence-electron chi connectivity index (χ1n) is 7.18. The van der Waals surface area contributed by atoms with Crippen LogP contribution in [0.4, 0.5) is 0 Å². The van der Waals surface area contributed by atoms with Crippen molar-refractivity contribution in [2.24, 2.45) is 0 Å². The first-order valence-corrected chi connectivity index (χ1v) is 8.69. The van der Waals surface area contributed by atoms with Gasteiger partial charge in [-0.15, -0.1) is 0 Å². The van der Waals surface area contributed by atoms with Crippen molar-refractivity contribution in [2.45, 2.75) is 0 Å². The van der Waals surface area contributed by atoms with E-state index in [4.69, 9.17) is 51.1 Å². The van der Waals surface area contributed by atoms with E-state index >= 15 is 0 Å². The van der Waals surface area contributed by atoms with Gasteiger partial charge in [0.25, 0.3) is 0 Å². The zero-order valence-electron chi connectivity index (χ0n) is 12.4. The van der Waals surface area contributed by atoms with Crippen LogP contribution in [0.5, 0.6) is 11.5 Å². The van der Waals surface area contributed by atoms with E-state index in [1.165, 1.54) is 0 Å². The van der Waals surface area contributed by atoms with Crippen molar-refractivity contribution >= 4 is 68.2 Å². The number of benzene rings is 2. The van der Waals surface area contributed by atoms with E-state index in [1.807, 2.05) is 0 Å². The number of fused-ring (bicyclic) bond motifs is 2. The van der Waals surface area contributed by atoms with Gasteiger partial charge in [0.1, 0.15) is 11.5 Å². The number of halogens is 4. The molecule has 0 radical (unpaired) electrons. The van der Waals surface area contributed by atoms with Crippen molar-refractivity contribution in [2.75, 3.05) is 0 Å². The van der Waals surface area contributed by atoms with Crippen molar-refractivity contribution in [3.63, 3.8) is 0 Å². The molecule has 2 heterocycles. The molecule has 0 fully saturated rings. The number of rotatable bonds is 2. The van der Waals surface area contributed by atoms with E-state index in [-0.39, 0.29) is 0 Å². The largest absolute Gasteiger partial charge is 0.456 e. The van der Waals surface area contributed by atoms with Gasteiger partial charge in [0.05, 0.1) is 31.9 Å². The fourth-order valence-corrected chi connectivity index (χ4v) is 3.79. The maximum Gasteiger partial charge on any atom is 0.139 e. The van der Waals surface area contributed by atoms with Crippen LogP contribution in [0, 0.1) is 0 Å². The van der Waals surface area contributed by atoms with Gasteiger partial charge in [0.15, 0.2) is 0 Å². The van der Waals surface area contributed by atoms with Gasteiger partial charge in [-0.3, -0.25) is 9.97 Å². The molecule has 0 aliphatic carbocycles. The van der Waals surface area contributed by atoms with E-state index < -0.39 is 0 Å². The molecule has 2 aromatic heterocycles. The summed E-state index contributed by atoms with van der Waals surface area (Å²) in [6, 6.07) is 10.2. The summed E-state index contributed by atoms with van der Waals surface area (Å²) < 4.78 is 6.11. The molecule has 0 spiro atoms. The van der Waals surface area contributed by atoms with Crippen LogP contribution < -0.4 is 4.74 Å². The number of nitrogens with zero attached hydrogens (tertiary/aromatic N) is 2. The van der Waals surface area contributed by atoms with Gasteiger partial charge in [-0.1, -0.05) is 46.4 Å². The minimum atomic E-state index is 0.457. The second-order valence-corrected chi connectivity index (χ2v) is 6.97. The lowest BCUT2D eigenvalue weighted by Gasteiger charge is -2.12. The molecule has 0 N–H and O–H groups in total. The first-order chi connectivity index (χ1) is 12.0. The maximum atomic E-state index is 6.34. The number of ether oxygens (including phenoxy) is 1. The average molecular weight is 410 g/mol. The molecular formula is C18H8Cl4N2O. The lowest BCUT2D eigenvalue weighted by atomic mass is 10.2. The highest BCUT2D eigenvalue weighted by Crippen LogP contribution is 2.39. The summed E-state index contributed by atoms with van der Waals surface area (Å²) in [5.41, 5.74) is 1.28. The summed E-state index contributed by atoms with van der Waals surface area (Å²) in [5.74, 6) is 1.09. The van der Waals surface area contributed by atoms with Gasteiger partial charge in [-0.2, -0.15) is 0 Å². The number of hydrogen-bond acceptors (Lipinski definition) is 3. The van der Waals surface area contributed by atoms with E-state index in [9.17, 15) is 0 Å². The molecule has 0 saturated carbocycles. The Morgan fingerprint density at radius 3 is 1.52 bits per heavy atom. The molecule has 4 rings (SSSR count). The molecule has 4 aromatic rings. The second-order valence-electron chi connectivity index (χ2n) is 5.28. The van der Waals surface area contributed by atoms with Crippen molar-refractivity contribution < 1.29 is 4.74 Å². The first kappa shape index (κ1) is 16.7. The Hall–Kier alpha value is -1.78. The van der Waals surface area contributed by atoms with Crippen molar-refractivity contribution in [1.82, 2.24) is 9.97 Å². The molecule has 0 saturated heterocycles. The summed E-state index contributed by atoms with van der Waals surface area (Å²) in [4.78, 5) is 8.58. The SMILES string of the molecule is Clc1cc(Cl)c2c(Oc3ccnc4cc(Cl)cc(Cl)c34)ccnc2c1. The van der Waals surface area contributed by atoms with Crippen LogP contribution in [0.2, 0.25) is 20.1 Å². The Morgan fingerprint density at radius 2 is 1.08 bits per heavy atom. The smallest absolute Gasteiger partial charge is 0.139 e. The minimum absolute atomic E-state index is 0.457. The van der Waals surface area contributed by atoms with Crippen LogP contribution >= 0.6 is 46.4 Å². The van der Waals surface area contributed by atoms with Crippen LogP contribution in [0.15, 0.2) is 48.8 Å². The van der Waals surface area contributed by atoms with E-state index in [2.05, 4.69) is 9.97 Å². The normalized spacial score (nSPS) is 11.2. The molecule has 0 amide bonds. The van der Waals surface area contributed by atoms with Gasteiger partial charge in [-0.25, -0.2) is 0 Å². The molecule has 0 aliphatic heterocycles. The Labute approximate surface area is 163 Å².